The summed E-state index contributed by atoms with van der Waals surface area (Å²) < 4.78 is 22.9. The van der Waals surface area contributed by atoms with Crippen molar-refractivity contribution >= 4 is 5.91 Å². The highest BCUT2D eigenvalue weighted by Crippen LogP contribution is 2.30. The molecule has 9 N–H and O–H groups in total. The van der Waals surface area contributed by atoms with Gasteiger partial charge in [-0.3, -0.25) is 4.79 Å². The number of carbonyl (C=O) groups is 1. The summed E-state index contributed by atoms with van der Waals surface area (Å²) in [5.74, 6) is -0.202. The summed E-state index contributed by atoms with van der Waals surface area (Å²) in [7, 11) is 0. The van der Waals surface area contributed by atoms with Gasteiger partial charge in [0.2, 0.25) is 5.91 Å². The number of aliphatic hydroxyl groups excluding tert-OH is 8. The summed E-state index contributed by atoms with van der Waals surface area (Å²) in [6.45, 7) is 2.89. The van der Waals surface area contributed by atoms with Gasteiger partial charge < -0.3 is 65.1 Å². The van der Waals surface area contributed by atoms with Crippen molar-refractivity contribution in [1.29, 1.82) is 0 Å². The van der Waals surface area contributed by atoms with Gasteiger partial charge in [-0.2, -0.15) is 0 Å². The van der Waals surface area contributed by atoms with Crippen LogP contribution in [0.4, 0.5) is 0 Å². The summed E-state index contributed by atoms with van der Waals surface area (Å²) in [4.78, 5) is 13.3. The normalized spacial score (nSPS) is 25.0. The number of hydrogen-bond acceptors (Lipinski definition) is 13. The first-order valence-electron chi connectivity index (χ1n) is 31.4. The van der Waals surface area contributed by atoms with E-state index in [0.29, 0.717) is 12.8 Å². The molecule has 14 heteroatoms. The van der Waals surface area contributed by atoms with Gasteiger partial charge in [0, 0.05) is 6.42 Å². The van der Waals surface area contributed by atoms with E-state index in [4.69, 9.17) is 18.9 Å². The summed E-state index contributed by atoms with van der Waals surface area (Å²) in [5.41, 5.74) is 0. The molecule has 0 radical (unpaired) electrons. The average molecular weight is 1070 g/mol. The highest BCUT2D eigenvalue weighted by Gasteiger charge is 2.51. The predicted molar refractivity (Wildman–Crippen MR) is 300 cm³/mol. The Balaban J connectivity index is 1.70. The fraction of sp³-hybridized carbons (Fsp3) is 0.951. The first kappa shape index (κ1) is 69.8. The molecule has 2 aliphatic rings. The Hall–Kier alpha value is -1.27. The Kier molecular flexibility index (Phi) is 44.3. The maximum atomic E-state index is 13.3. The molecule has 12 unspecified atom stereocenters. The van der Waals surface area contributed by atoms with Crippen molar-refractivity contribution < 1.29 is 64.6 Å². The van der Waals surface area contributed by atoms with E-state index in [-0.39, 0.29) is 12.5 Å². The van der Waals surface area contributed by atoms with Gasteiger partial charge in [-0.25, -0.2) is 0 Å². The number of unbranched alkanes of at least 4 members (excludes halogenated alkanes) is 36. The van der Waals surface area contributed by atoms with E-state index in [2.05, 4.69) is 31.3 Å². The molecule has 0 spiro atoms. The van der Waals surface area contributed by atoms with Crippen LogP contribution in [0.1, 0.15) is 277 Å². The molecule has 0 aliphatic carbocycles. The van der Waals surface area contributed by atoms with Crippen molar-refractivity contribution in [2.45, 2.75) is 351 Å². The van der Waals surface area contributed by atoms with Crippen LogP contribution < -0.4 is 5.32 Å². The second-order valence-electron chi connectivity index (χ2n) is 22.5. The number of rotatable bonds is 51. The van der Waals surface area contributed by atoms with Crippen LogP contribution in [0.2, 0.25) is 0 Å². The zero-order valence-electron chi connectivity index (χ0n) is 47.8. The number of carbonyl (C=O) groups excluding carboxylic acids is 1. The fourth-order valence-electron chi connectivity index (χ4n) is 10.6. The van der Waals surface area contributed by atoms with Gasteiger partial charge in [0.25, 0.3) is 0 Å². The largest absolute Gasteiger partial charge is 0.394 e. The molecule has 2 aliphatic heterocycles. The van der Waals surface area contributed by atoms with Gasteiger partial charge in [-0.1, -0.05) is 244 Å². The van der Waals surface area contributed by atoms with Crippen molar-refractivity contribution in [3.63, 3.8) is 0 Å². The van der Waals surface area contributed by atoms with Gasteiger partial charge in [-0.15, -0.1) is 0 Å². The smallest absolute Gasteiger partial charge is 0.220 e. The lowest BCUT2D eigenvalue weighted by Crippen LogP contribution is -2.65. The van der Waals surface area contributed by atoms with Crippen LogP contribution >= 0.6 is 0 Å². The molecular formula is C61H117NO13. The first-order valence-corrected chi connectivity index (χ1v) is 31.4. The van der Waals surface area contributed by atoms with Crippen molar-refractivity contribution in [3.05, 3.63) is 12.2 Å². The zero-order chi connectivity index (χ0) is 54.6. The Labute approximate surface area is 456 Å². The standard InChI is InChI=1S/C61H117NO13/c1-3-5-7-9-11-13-15-17-19-21-22-23-24-25-26-27-28-29-31-33-35-37-39-41-43-45-53(66)62-49(50(65)44-42-40-38-36-34-32-30-20-18-16-14-12-10-8-6-4-2)48-72-60-58(71)56(69)59(52(47-64)74-60)75-61-57(70)55(68)54(67)51(46-63)73-61/h21-22,49-52,54-61,63-65,67-71H,3-20,23-48H2,1-2H3,(H,62,66)/b22-21-. The maximum Gasteiger partial charge on any atom is 0.220 e. The topological polar surface area (TPSA) is 228 Å². The van der Waals surface area contributed by atoms with Crippen molar-refractivity contribution in [3.8, 4) is 0 Å². The lowest BCUT2D eigenvalue weighted by Gasteiger charge is -2.46. The minimum absolute atomic E-state index is 0.202. The van der Waals surface area contributed by atoms with Crippen LogP contribution in [-0.2, 0) is 23.7 Å². The van der Waals surface area contributed by atoms with E-state index in [1.165, 1.54) is 199 Å². The lowest BCUT2D eigenvalue weighted by atomic mass is 9.97. The summed E-state index contributed by atoms with van der Waals surface area (Å²) in [5, 5.41) is 87.3. The van der Waals surface area contributed by atoms with Gasteiger partial charge in [0.05, 0.1) is 32.0 Å². The molecule has 0 aromatic heterocycles. The van der Waals surface area contributed by atoms with E-state index in [0.717, 1.165) is 51.4 Å². The first-order chi connectivity index (χ1) is 36.6. The van der Waals surface area contributed by atoms with Crippen LogP contribution in [0, 0.1) is 0 Å². The zero-order valence-corrected chi connectivity index (χ0v) is 47.8. The Morgan fingerprint density at radius 2 is 0.840 bits per heavy atom. The van der Waals surface area contributed by atoms with Gasteiger partial charge >= 0.3 is 0 Å². The number of aliphatic hydroxyl groups is 8. The quantitative estimate of drug-likeness (QED) is 0.0204. The predicted octanol–water partition coefficient (Wildman–Crippen LogP) is 11.1. The number of allylic oxidation sites excluding steroid dienone is 2. The molecule has 1 amide bonds. The van der Waals surface area contributed by atoms with E-state index in [9.17, 15) is 45.6 Å². The maximum absolute atomic E-state index is 13.3. The molecule has 0 bridgehead atoms. The molecule has 2 fully saturated rings. The van der Waals surface area contributed by atoms with Gasteiger partial charge in [0.1, 0.15) is 48.8 Å². The molecule has 2 rings (SSSR count). The molecule has 14 nitrogen and oxygen atoms in total. The fourth-order valence-corrected chi connectivity index (χ4v) is 10.6. The molecule has 0 saturated carbocycles. The molecule has 0 aromatic carbocycles. The van der Waals surface area contributed by atoms with Gasteiger partial charge in [0.15, 0.2) is 12.6 Å². The molecule has 12 atom stereocenters. The number of amides is 1. The van der Waals surface area contributed by atoms with E-state index in [1.807, 2.05) is 0 Å². The van der Waals surface area contributed by atoms with Crippen LogP contribution in [0.25, 0.3) is 0 Å². The summed E-state index contributed by atoms with van der Waals surface area (Å²) >= 11 is 0. The average Bonchev–Trinajstić information content (AvgIpc) is 3.41. The number of ether oxygens (including phenoxy) is 4. The second-order valence-corrected chi connectivity index (χ2v) is 22.5. The van der Waals surface area contributed by atoms with Crippen molar-refractivity contribution in [2.24, 2.45) is 0 Å². The minimum Gasteiger partial charge on any atom is -0.394 e. The third-order valence-corrected chi connectivity index (χ3v) is 15.7. The van der Waals surface area contributed by atoms with Crippen LogP contribution in [0.5, 0.6) is 0 Å². The Morgan fingerprint density at radius 3 is 1.27 bits per heavy atom. The molecule has 2 saturated heterocycles. The SMILES string of the molecule is CCCCCCCCCC/C=C\CCCCCCCCCCCCCCCC(=O)NC(COC1OC(CO)C(OC2OC(CO)C(O)C(O)C2O)C(O)C1O)C(O)CCCCCCCCCCCCCCCCCC. The second kappa shape index (κ2) is 47.5. The van der Waals surface area contributed by atoms with E-state index >= 15 is 0 Å². The lowest BCUT2D eigenvalue weighted by molar-refractivity contribution is -0.359. The molecule has 0 aromatic rings. The molecule has 75 heavy (non-hydrogen) atoms. The Morgan fingerprint density at radius 1 is 0.467 bits per heavy atom. The third kappa shape index (κ3) is 33.2. The molecular weight excluding hydrogens is 955 g/mol. The van der Waals surface area contributed by atoms with Crippen molar-refractivity contribution in [1.82, 2.24) is 5.32 Å². The Bertz CT molecular complexity index is 1310. The van der Waals surface area contributed by atoms with Crippen LogP contribution in [0.3, 0.4) is 0 Å². The molecule has 444 valence electrons. The minimum atomic E-state index is -1.78. The van der Waals surface area contributed by atoms with Crippen LogP contribution in [0.15, 0.2) is 12.2 Å². The number of nitrogens with one attached hydrogen (secondary N) is 1. The monoisotopic (exact) mass is 1070 g/mol. The van der Waals surface area contributed by atoms with E-state index < -0.39 is 86.8 Å². The molecule has 2 heterocycles. The highest BCUT2D eigenvalue weighted by molar-refractivity contribution is 5.76. The van der Waals surface area contributed by atoms with E-state index in [1.54, 1.807) is 0 Å². The third-order valence-electron chi connectivity index (χ3n) is 15.7. The number of hydrogen-bond donors (Lipinski definition) is 9. The highest BCUT2D eigenvalue weighted by atomic mass is 16.7. The van der Waals surface area contributed by atoms with Crippen LogP contribution in [-0.4, -0.2) is 140 Å². The van der Waals surface area contributed by atoms with Gasteiger partial charge in [-0.05, 0) is 38.5 Å². The summed E-state index contributed by atoms with van der Waals surface area (Å²) in [6, 6.07) is -0.825. The summed E-state index contributed by atoms with van der Waals surface area (Å²) in [6.07, 6.45) is 37.8. The van der Waals surface area contributed by atoms with Crippen molar-refractivity contribution in [2.75, 3.05) is 19.8 Å².